The molecule has 1 N–H and O–H groups in total. The number of halogens is 6. The summed E-state index contributed by atoms with van der Waals surface area (Å²) < 4.78 is 79.8. The van der Waals surface area contributed by atoms with E-state index < -0.39 is 41.7 Å². The third-order valence-electron chi connectivity index (χ3n) is 6.29. The first-order chi connectivity index (χ1) is 17.2. The van der Waals surface area contributed by atoms with Crippen LogP contribution < -0.4 is 4.90 Å². The number of fused-ring (bicyclic) bond motifs is 1. The van der Waals surface area contributed by atoms with Crippen molar-refractivity contribution in [2.75, 3.05) is 11.4 Å². The van der Waals surface area contributed by atoms with Gasteiger partial charge in [0.2, 0.25) is 5.91 Å². The van der Waals surface area contributed by atoms with Crippen LogP contribution >= 0.6 is 0 Å². The molecular weight excluding hydrogens is 502 g/mol. The van der Waals surface area contributed by atoms with Crippen LogP contribution in [0.4, 0.5) is 36.8 Å². The summed E-state index contributed by atoms with van der Waals surface area (Å²) in [4.78, 5) is 27.1. The molecule has 0 heterocycles. The lowest BCUT2D eigenvalue weighted by atomic mass is 10.0. The van der Waals surface area contributed by atoms with E-state index in [1.54, 1.807) is 17.9 Å². The summed E-state index contributed by atoms with van der Waals surface area (Å²) in [6.07, 6.45) is -8.30. The average Bonchev–Trinajstić information content (AvgIpc) is 3.27. The first-order valence-electron chi connectivity index (χ1n) is 12.0. The van der Waals surface area contributed by atoms with Crippen LogP contribution in [0, 0.1) is 0 Å². The second-order valence-corrected chi connectivity index (χ2v) is 9.05. The van der Waals surface area contributed by atoms with Crippen molar-refractivity contribution in [2.45, 2.75) is 71.4 Å². The van der Waals surface area contributed by atoms with Crippen LogP contribution in [-0.4, -0.2) is 28.6 Å². The van der Waals surface area contributed by atoms with Crippen LogP contribution in [0.1, 0.15) is 66.5 Å². The fraction of sp³-hybridized carbons (Fsp3) is 0.462. The first kappa shape index (κ1) is 28.3. The summed E-state index contributed by atoms with van der Waals surface area (Å²) in [6.45, 7) is 2.96. The fourth-order valence-corrected chi connectivity index (χ4v) is 4.56. The molecule has 1 aliphatic rings. The molecule has 37 heavy (non-hydrogen) atoms. The highest BCUT2D eigenvalue weighted by Crippen LogP contribution is 2.37. The van der Waals surface area contributed by atoms with Crippen molar-refractivity contribution in [3.05, 3.63) is 63.7 Å². The van der Waals surface area contributed by atoms with Gasteiger partial charge in [-0.1, -0.05) is 19.9 Å². The van der Waals surface area contributed by atoms with Gasteiger partial charge in [-0.25, -0.2) is 4.79 Å². The molecule has 5 nitrogen and oxygen atoms in total. The van der Waals surface area contributed by atoms with Crippen LogP contribution in [0.2, 0.25) is 0 Å². The molecule has 0 saturated heterocycles. The topological polar surface area (TPSA) is 60.9 Å². The molecule has 0 unspecified atom stereocenters. The summed E-state index contributed by atoms with van der Waals surface area (Å²) >= 11 is 0. The molecule has 0 bridgehead atoms. The number of amides is 2. The molecule has 2 amide bonds. The number of hydrogen-bond acceptors (Lipinski definition) is 2. The second kappa shape index (κ2) is 11.0. The van der Waals surface area contributed by atoms with Crippen molar-refractivity contribution in [3.8, 4) is 0 Å². The number of aryl methyl sites for hydroxylation is 2. The Morgan fingerprint density at radius 3 is 1.92 bits per heavy atom. The minimum absolute atomic E-state index is 0.00615. The van der Waals surface area contributed by atoms with Crippen LogP contribution in [-0.2, 0) is 43.1 Å². The highest BCUT2D eigenvalue weighted by atomic mass is 19.4. The summed E-state index contributed by atoms with van der Waals surface area (Å²) in [5.74, 6) is -0.171. The molecule has 0 spiro atoms. The lowest BCUT2D eigenvalue weighted by Gasteiger charge is -2.28. The Balaban J connectivity index is 2.04. The van der Waals surface area contributed by atoms with Gasteiger partial charge in [0.15, 0.2) is 0 Å². The Bertz CT molecular complexity index is 1130. The van der Waals surface area contributed by atoms with E-state index in [1.165, 1.54) is 0 Å². The number of benzene rings is 2. The zero-order chi connectivity index (χ0) is 27.5. The molecule has 0 atom stereocenters. The number of alkyl halides is 6. The first-order valence-corrected chi connectivity index (χ1v) is 12.0. The average molecular weight is 531 g/mol. The molecule has 0 saturated carbocycles. The van der Waals surface area contributed by atoms with Crippen LogP contribution in [0.25, 0.3) is 0 Å². The van der Waals surface area contributed by atoms with E-state index >= 15 is 0 Å². The maximum absolute atomic E-state index is 13.3. The minimum atomic E-state index is -5.04. The van der Waals surface area contributed by atoms with Crippen molar-refractivity contribution < 1.29 is 41.0 Å². The number of carbonyl (C=O) groups is 2. The summed E-state index contributed by atoms with van der Waals surface area (Å²) in [5.41, 5.74) is -0.447. The molecule has 1 aliphatic carbocycles. The SMILES string of the molecule is CCCN(C(=O)CC)c1cc2c(cc1CN(Cc1cc(C(F)(F)F)cc(C(F)(F)F)c1)C(=O)O)CCC2. The van der Waals surface area contributed by atoms with E-state index in [0.29, 0.717) is 36.3 Å². The standard InChI is InChI=1S/C26H28F6N2O3/c1-3-8-34(23(35)4-2)22-12-18-7-5-6-17(18)11-19(22)15-33(24(36)37)14-16-9-20(25(27,28)29)13-21(10-16)26(30,31)32/h9-13H,3-8,14-15H2,1-2H3,(H,36,37). The summed E-state index contributed by atoms with van der Waals surface area (Å²) in [7, 11) is 0. The smallest absolute Gasteiger partial charge is 0.416 e. The van der Waals surface area contributed by atoms with Gasteiger partial charge in [-0.3, -0.25) is 9.69 Å². The van der Waals surface area contributed by atoms with Gasteiger partial charge in [0.05, 0.1) is 17.7 Å². The van der Waals surface area contributed by atoms with Gasteiger partial charge in [0.25, 0.3) is 0 Å². The molecule has 0 aromatic heterocycles. The Labute approximate surface area is 210 Å². The number of nitrogens with zero attached hydrogens (tertiary/aromatic N) is 2. The lowest BCUT2D eigenvalue weighted by molar-refractivity contribution is -0.143. The molecule has 2 aromatic carbocycles. The van der Waals surface area contributed by atoms with Gasteiger partial charge in [0, 0.05) is 25.2 Å². The fourth-order valence-electron chi connectivity index (χ4n) is 4.56. The van der Waals surface area contributed by atoms with Gasteiger partial charge in [-0.15, -0.1) is 0 Å². The van der Waals surface area contributed by atoms with Crippen molar-refractivity contribution >= 4 is 17.7 Å². The maximum Gasteiger partial charge on any atom is 0.416 e. The highest BCUT2D eigenvalue weighted by Gasteiger charge is 2.37. The Hall–Kier alpha value is -3.24. The quantitative estimate of drug-likeness (QED) is 0.372. The van der Waals surface area contributed by atoms with Gasteiger partial charge in [-0.2, -0.15) is 26.3 Å². The maximum atomic E-state index is 13.3. The molecule has 0 aliphatic heterocycles. The third kappa shape index (κ3) is 6.75. The van der Waals surface area contributed by atoms with Gasteiger partial charge >= 0.3 is 18.4 Å². The Kier molecular flexibility index (Phi) is 8.44. The van der Waals surface area contributed by atoms with Crippen molar-refractivity contribution in [3.63, 3.8) is 0 Å². The third-order valence-corrected chi connectivity index (χ3v) is 6.29. The number of anilines is 1. The van der Waals surface area contributed by atoms with E-state index in [-0.39, 0.29) is 24.9 Å². The Morgan fingerprint density at radius 1 is 0.865 bits per heavy atom. The Morgan fingerprint density at radius 2 is 1.43 bits per heavy atom. The largest absolute Gasteiger partial charge is 0.465 e. The van der Waals surface area contributed by atoms with E-state index in [2.05, 4.69) is 0 Å². The van der Waals surface area contributed by atoms with Crippen molar-refractivity contribution in [2.24, 2.45) is 0 Å². The molecule has 2 aromatic rings. The number of rotatable bonds is 8. The molecule has 3 rings (SSSR count). The number of carbonyl (C=O) groups excluding carboxylic acids is 1. The summed E-state index contributed by atoms with van der Waals surface area (Å²) in [6, 6.07) is 4.71. The number of hydrogen-bond donors (Lipinski definition) is 1. The molecule has 11 heteroatoms. The van der Waals surface area contributed by atoms with Crippen molar-refractivity contribution in [1.82, 2.24) is 4.90 Å². The van der Waals surface area contributed by atoms with E-state index in [1.807, 2.05) is 13.0 Å². The number of carboxylic acid groups (broad SMARTS) is 1. The lowest BCUT2D eigenvalue weighted by Crippen LogP contribution is -2.34. The molecule has 0 radical (unpaired) electrons. The predicted octanol–water partition coefficient (Wildman–Crippen LogP) is 7.05. The normalized spacial score (nSPS) is 13.4. The molecule has 0 fully saturated rings. The van der Waals surface area contributed by atoms with E-state index in [4.69, 9.17) is 0 Å². The van der Waals surface area contributed by atoms with E-state index in [0.717, 1.165) is 35.3 Å². The van der Waals surface area contributed by atoms with Gasteiger partial charge in [-0.05, 0) is 72.2 Å². The molecule has 202 valence electrons. The minimum Gasteiger partial charge on any atom is -0.465 e. The van der Waals surface area contributed by atoms with Crippen LogP contribution in [0.3, 0.4) is 0 Å². The van der Waals surface area contributed by atoms with Gasteiger partial charge < -0.3 is 10.0 Å². The van der Waals surface area contributed by atoms with Crippen LogP contribution in [0.5, 0.6) is 0 Å². The second-order valence-electron chi connectivity index (χ2n) is 9.05. The van der Waals surface area contributed by atoms with Crippen LogP contribution in [0.15, 0.2) is 30.3 Å². The monoisotopic (exact) mass is 530 g/mol. The van der Waals surface area contributed by atoms with E-state index in [9.17, 15) is 41.0 Å². The zero-order valence-corrected chi connectivity index (χ0v) is 20.5. The summed E-state index contributed by atoms with van der Waals surface area (Å²) in [5, 5.41) is 9.84. The van der Waals surface area contributed by atoms with Crippen molar-refractivity contribution in [1.29, 1.82) is 0 Å². The highest BCUT2D eigenvalue weighted by molar-refractivity contribution is 5.94. The molecular formula is C26H28F6N2O3. The predicted molar refractivity (Wildman–Crippen MR) is 125 cm³/mol. The van der Waals surface area contributed by atoms with Gasteiger partial charge in [0.1, 0.15) is 0 Å². The zero-order valence-electron chi connectivity index (χ0n) is 20.5.